The lowest BCUT2D eigenvalue weighted by Gasteiger charge is -2.41. The van der Waals surface area contributed by atoms with Crippen LogP contribution in [0, 0.1) is 5.92 Å². The number of hydrogen-bond donors (Lipinski definition) is 0. The van der Waals surface area contributed by atoms with Crippen molar-refractivity contribution in [3.05, 3.63) is 261 Å². The van der Waals surface area contributed by atoms with Gasteiger partial charge in [-0.3, -0.25) is 0 Å². The molecule has 1 heterocycles. The van der Waals surface area contributed by atoms with Crippen LogP contribution in [0.1, 0.15) is 36.1 Å². The third-order valence-electron chi connectivity index (χ3n) is 9.96. The zero-order valence-corrected chi connectivity index (χ0v) is 31.4. The van der Waals surface area contributed by atoms with Crippen molar-refractivity contribution in [1.29, 1.82) is 0 Å². The third kappa shape index (κ3) is 7.27. The molecule has 0 aromatic heterocycles. The van der Waals surface area contributed by atoms with E-state index in [-0.39, 0.29) is 0 Å². The molecule has 4 aromatic carbocycles. The molecule has 0 saturated carbocycles. The fourth-order valence-electron chi connectivity index (χ4n) is 7.37. The summed E-state index contributed by atoms with van der Waals surface area (Å²) >= 11 is 0. The minimum atomic E-state index is -2.10. The molecule has 53 heavy (non-hydrogen) atoms. The van der Waals surface area contributed by atoms with Gasteiger partial charge in [-0.25, -0.2) is 0 Å². The fourth-order valence-corrected chi connectivity index (χ4v) is 11.5. The summed E-state index contributed by atoms with van der Waals surface area (Å²) in [5, 5.41) is 2.51. The van der Waals surface area contributed by atoms with E-state index < -0.39 is 10.0 Å². The maximum absolute atomic E-state index is 4.53. The van der Waals surface area contributed by atoms with Crippen LogP contribution in [-0.2, 0) is 6.42 Å². The van der Waals surface area contributed by atoms with Crippen LogP contribution in [-0.4, -0.2) is 0 Å². The summed E-state index contributed by atoms with van der Waals surface area (Å²) in [6, 6.07) is 41.9. The molecule has 0 spiro atoms. The van der Waals surface area contributed by atoms with E-state index in [9.17, 15) is 0 Å². The second kappa shape index (κ2) is 16.6. The largest absolute Gasteiger partial charge is 0.137 e. The smallest absolute Gasteiger partial charge is 0.0176 e. The molecule has 0 amide bonds. The van der Waals surface area contributed by atoms with Crippen molar-refractivity contribution in [2.24, 2.45) is 5.92 Å². The monoisotopic (exact) mass is 702 g/mol. The summed E-state index contributed by atoms with van der Waals surface area (Å²) in [6.45, 7) is 8.84. The van der Waals surface area contributed by atoms with Crippen LogP contribution in [0.15, 0.2) is 244 Å². The van der Waals surface area contributed by atoms with E-state index in [2.05, 4.69) is 232 Å². The van der Waals surface area contributed by atoms with Gasteiger partial charge in [0, 0.05) is 25.9 Å². The maximum Gasteiger partial charge on any atom is 0.0176 e. The van der Waals surface area contributed by atoms with Crippen LogP contribution in [0.5, 0.6) is 0 Å². The van der Waals surface area contributed by atoms with Crippen molar-refractivity contribution in [2.45, 2.75) is 25.2 Å². The number of allylic oxidation sites excluding steroid dienone is 19. The molecule has 0 nitrogen and oxygen atoms in total. The Morgan fingerprint density at radius 2 is 1.36 bits per heavy atom. The molecule has 3 aliphatic rings. The van der Waals surface area contributed by atoms with Gasteiger partial charge >= 0.3 is 0 Å². The topological polar surface area (TPSA) is 0 Å². The summed E-state index contributed by atoms with van der Waals surface area (Å²) in [6.07, 6.45) is 34.1. The fraction of sp³-hybridized carbons (Fsp3) is 0.0769. The van der Waals surface area contributed by atoms with Gasteiger partial charge in [-0.1, -0.05) is 208 Å². The molecule has 1 aliphatic heterocycles. The highest BCUT2D eigenvalue weighted by Crippen LogP contribution is 2.80. The van der Waals surface area contributed by atoms with E-state index in [1.165, 1.54) is 59.3 Å². The predicted molar refractivity (Wildman–Crippen MR) is 233 cm³/mol. The number of benzene rings is 4. The first-order valence-corrected chi connectivity index (χ1v) is 20.2. The number of hydrogen-bond acceptors (Lipinski definition) is 0. The van der Waals surface area contributed by atoms with Gasteiger partial charge in [-0.15, -0.1) is 10.0 Å². The van der Waals surface area contributed by atoms with Gasteiger partial charge in [0.2, 0.25) is 0 Å². The normalized spacial score (nSPS) is 22.2. The molecular formula is C52H46S. The van der Waals surface area contributed by atoms with Crippen molar-refractivity contribution in [2.75, 3.05) is 0 Å². The molecule has 0 fully saturated rings. The summed E-state index contributed by atoms with van der Waals surface area (Å²) in [5.74, 6) is 0.327. The first kappa shape index (κ1) is 35.5. The quantitative estimate of drug-likeness (QED) is 0.144. The average Bonchev–Trinajstić information content (AvgIpc) is 3.34. The van der Waals surface area contributed by atoms with E-state index in [0.29, 0.717) is 5.92 Å². The highest BCUT2D eigenvalue weighted by Gasteiger charge is 2.45. The van der Waals surface area contributed by atoms with Crippen LogP contribution in [0.25, 0.3) is 17.2 Å². The van der Waals surface area contributed by atoms with Crippen LogP contribution in [0.2, 0.25) is 0 Å². The highest BCUT2D eigenvalue weighted by molar-refractivity contribution is 8.43. The van der Waals surface area contributed by atoms with E-state index in [1.807, 2.05) is 0 Å². The number of fused-ring (bicyclic) bond motifs is 1. The Hall–Kier alpha value is -5.89. The lowest BCUT2D eigenvalue weighted by atomic mass is 9.89. The molecular weight excluding hydrogens is 657 g/mol. The summed E-state index contributed by atoms with van der Waals surface area (Å²) in [5.41, 5.74) is 11.2. The lowest BCUT2D eigenvalue weighted by molar-refractivity contribution is 0.883. The maximum atomic E-state index is 4.53. The van der Waals surface area contributed by atoms with Crippen molar-refractivity contribution in [3.8, 4) is 0 Å². The second-order valence-corrected chi connectivity index (χ2v) is 16.2. The van der Waals surface area contributed by atoms with Gasteiger partial charge < -0.3 is 0 Å². The zero-order valence-electron chi connectivity index (χ0n) is 30.6. The van der Waals surface area contributed by atoms with Gasteiger partial charge in [0.05, 0.1) is 0 Å². The Bertz CT molecular complexity index is 2310. The van der Waals surface area contributed by atoms with Crippen molar-refractivity contribution in [3.63, 3.8) is 0 Å². The average molecular weight is 703 g/mol. The molecule has 7 rings (SSSR count). The van der Waals surface area contributed by atoms with Crippen LogP contribution in [0.3, 0.4) is 0 Å². The molecule has 0 N–H and O–H groups in total. The molecule has 2 unspecified atom stereocenters. The Balaban J connectivity index is 1.66. The third-order valence-corrected chi connectivity index (χ3v) is 13.7. The van der Waals surface area contributed by atoms with E-state index >= 15 is 0 Å². The Kier molecular flexibility index (Phi) is 11.1. The van der Waals surface area contributed by atoms with Crippen LogP contribution < -0.4 is 0 Å². The first-order chi connectivity index (χ1) is 26.2. The van der Waals surface area contributed by atoms with Gasteiger partial charge in [0.25, 0.3) is 0 Å². The van der Waals surface area contributed by atoms with Gasteiger partial charge in [0.15, 0.2) is 0 Å². The standard InChI is InChI=1S/C52H46S/c1-4-6-7-8-22-39-53(48-31-16-11-17-32-48)51(41(5-2)33-34-42-24-19-18-23-40(42)3)49(45-27-12-9-13-28-45)50(46-29-14-10-15-30-46)52(53)47-37-35-43-25-20-21-26-44(43)36-38-47/h4-35,37-40H,2,36H2,1,3H3/b6-4-,8-7-,39-22+,41-33+,42-34-. The first-order valence-electron chi connectivity index (χ1n) is 18.5. The Labute approximate surface area is 318 Å². The van der Waals surface area contributed by atoms with E-state index in [0.717, 1.165) is 12.0 Å². The molecule has 2 aliphatic carbocycles. The number of rotatable bonds is 10. The molecule has 0 bridgehead atoms. The molecule has 260 valence electrons. The van der Waals surface area contributed by atoms with Gasteiger partial charge in [-0.05, 0) is 75.8 Å². The lowest BCUT2D eigenvalue weighted by Crippen LogP contribution is -2.06. The summed E-state index contributed by atoms with van der Waals surface area (Å²) in [4.78, 5) is 3.92. The molecule has 2 atom stereocenters. The SMILES string of the molecule is C=C/C(=C\C=C1\C=CC=CC1C)C1=C(c2ccccc2)C(c2ccccc2)=C(C2=CCc3ccccc3C=C2)S1(/C=C/C=C\C=C/C)c1ccccc1. The second-order valence-electron chi connectivity index (χ2n) is 13.3. The molecule has 0 radical (unpaired) electrons. The Morgan fingerprint density at radius 3 is 2.06 bits per heavy atom. The summed E-state index contributed by atoms with van der Waals surface area (Å²) < 4.78 is 0. The van der Waals surface area contributed by atoms with Crippen LogP contribution >= 0.6 is 10.0 Å². The van der Waals surface area contributed by atoms with Crippen LogP contribution in [0.4, 0.5) is 0 Å². The van der Waals surface area contributed by atoms with E-state index in [4.69, 9.17) is 0 Å². The van der Waals surface area contributed by atoms with Crippen molar-refractivity contribution in [1.82, 2.24) is 0 Å². The van der Waals surface area contributed by atoms with Gasteiger partial charge in [0.1, 0.15) is 0 Å². The molecule has 4 aromatic rings. The highest BCUT2D eigenvalue weighted by atomic mass is 32.3. The Morgan fingerprint density at radius 1 is 0.698 bits per heavy atom. The molecule has 1 heteroatoms. The minimum absolute atomic E-state index is 0.327. The zero-order chi connectivity index (χ0) is 36.5. The van der Waals surface area contributed by atoms with Crippen molar-refractivity contribution >= 4 is 27.3 Å². The summed E-state index contributed by atoms with van der Waals surface area (Å²) in [7, 11) is -2.10. The van der Waals surface area contributed by atoms with Gasteiger partial charge in [-0.2, -0.15) is 0 Å². The van der Waals surface area contributed by atoms with E-state index in [1.54, 1.807) is 0 Å². The molecule has 0 saturated heterocycles. The minimum Gasteiger partial charge on any atom is -0.137 e. The predicted octanol–water partition coefficient (Wildman–Crippen LogP) is 14.3. The van der Waals surface area contributed by atoms with Crippen molar-refractivity contribution < 1.29 is 0 Å².